The minimum Gasteiger partial charge on any atom is -0.330 e. The molecule has 2 amide bonds. The van der Waals surface area contributed by atoms with Crippen LogP contribution in [0, 0.1) is 0 Å². The summed E-state index contributed by atoms with van der Waals surface area (Å²) in [5.74, 6) is 0. The Morgan fingerprint density at radius 2 is 2.00 bits per heavy atom. The molecule has 0 spiro atoms. The molecule has 2 N–H and O–H groups in total. The molecule has 3 rings (SSSR count). The van der Waals surface area contributed by atoms with Crippen LogP contribution in [0.2, 0.25) is 0 Å². The summed E-state index contributed by atoms with van der Waals surface area (Å²) in [5.41, 5.74) is 1.17. The van der Waals surface area contributed by atoms with Crippen LogP contribution in [0.25, 0.3) is 0 Å². The fraction of sp³-hybridized carbons (Fsp3) is 0.235. The first-order valence-corrected chi connectivity index (χ1v) is 9.41. The van der Waals surface area contributed by atoms with Crippen molar-refractivity contribution < 1.29 is 4.79 Å². The molecule has 124 valence electrons. The van der Waals surface area contributed by atoms with E-state index in [-0.39, 0.29) is 12.1 Å². The summed E-state index contributed by atoms with van der Waals surface area (Å²) in [6.07, 6.45) is 1.55. The number of amides is 2. The molecule has 2 heterocycles. The molecule has 2 aromatic heterocycles. The van der Waals surface area contributed by atoms with Crippen molar-refractivity contribution in [2.45, 2.75) is 25.8 Å². The van der Waals surface area contributed by atoms with E-state index >= 15 is 0 Å². The lowest BCUT2D eigenvalue weighted by atomic mass is 10.2. The molecule has 0 aliphatic rings. The SMILES string of the molecule is CCC(NC(=O)Nc1nnc(Cc2ccccc2)s1)c1cccs1. The van der Waals surface area contributed by atoms with Crippen molar-refractivity contribution in [3.05, 3.63) is 63.3 Å². The maximum atomic E-state index is 12.2. The van der Waals surface area contributed by atoms with Gasteiger partial charge in [0.1, 0.15) is 5.01 Å². The van der Waals surface area contributed by atoms with Gasteiger partial charge in [0, 0.05) is 11.3 Å². The molecule has 0 fully saturated rings. The highest BCUT2D eigenvalue weighted by Gasteiger charge is 2.15. The Bertz CT molecular complexity index is 771. The molecule has 7 heteroatoms. The van der Waals surface area contributed by atoms with Gasteiger partial charge in [-0.05, 0) is 23.4 Å². The van der Waals surface area contributed by atoms with Crippen LogP contribution < -0.4 is 10.6 Å². The van der Waals surface area contributed by atoms with Gasteiger partial charge in [0.25, 0.3) is 0 Å². The third-order valence-electron chi connectivity index (χ3n) is 3.49. The fourth-order valence-corrected chi connectivity index (χ4v) is 3.93. The van der Waals surface area contributed by atoms with Gasteiger partial charge in [-0.2, -0.15) is 0 Å². The quantitative estimate of drug-likeness (QED) is 0.683. The lowest BCUT2D eigenvalue weighted by Gasteiger charge is -2.15. The Morgan fingerprint density at radius 1 is 1.17 bits per heavy atom. The number of urea groups is 1. The number of nitrogens with one attached hydrogen (secondary N) is 2. The van der Waals surface area contributed by atoms with Crippen molar-refractivity contribution in [2.75, 3.05) is 5.32 Å². The second-order valence-corrected chi connectivity index (χ2v) is 7.28. The zero-order valence-corrected chi connectivity index (χ0v) is 14.9. The van der Waals surface area contributed by atoms with E-state index in [0.717, 1.165) is 16.3 Å². The zero-order valence-electron chi connectivity index (χ0n) is 13.2. The van der Waals surface area contributed by atoms with Gasteiger partial charge in [0.2, 0.25) is 5.13 Å². The number of aromatic nitrogens is 2. The molecule has 5 nitrogen and oxygen atoms in total. The third kappa shape index (κ3) is 4.39. The first-order valence-electron chi connectivity index (χ1n) is 7.72. The van der Waals surface area contributed by atoms with Crippen molar-refractivity contribution in [1.82, 2.24) is 15.5 Å². The van der Waals surface area contributed by atoms with E-state index in [1.807, 2.05) is 54.8 Å². The molecular formula is C17H18N4OS2. The Balaban J connectivity index is 1.57. The summed E-state index contributed by atoms with van der Waals surface area (Å²) in [7, 11) is 0. The van der Waals surface area contributed by atoms with Crippen molar-refractivity contribution in [2.24, 2.45) is 0 Å². The molecule has 0 aliphatic carbocycles. The maximum Gasteiger partial charge on any atom is 0.321 e. The first-order chi connectivity index (χ1) is 11.7. The average Bonchev–Trinajstić information content (AvgIpc) is 3.26. The van der Waals surface area contributed by atoms with Crippen LogP contribution in [0.4, 0.5) is 9.93 Å². The van der Waals surface area contributed by atoms with Crippen LogP contribution >= 0.6 is 22.7 Å². The van der Waals surface area contributed by atoms with E-state index in [0.29, 0.717) is 11.6 Å². The van der Waals surface area contributed by atoms with Gasteiger partial charge in [0.05, 0.1) is 6.04 Å². The largest absolute Gasteiger partial charge is 0.330 e. The van der Waals surface area contributed by atoms with Crippen molar-refractivity contribution in [1.29, 1.82) is 0 Å². The van der Waals surface area contributed by atoms with Crippen molar-refractivity contribution >= 4 is 33.8 Å². The maximum absolute atomic E-state index is 12.2. The van der Waals surface area contributed by atoms with Gasteiger partial charge in [-0.3, -0.25) is 5.32 Å². The number of carbonyl (C=O) groups is 1. The summed E-state index contributed by atoms with van der Waals surface area (Å²) in [6.45, 7) is 2.05. The van der Waals surface area contributed by atoms with E-state index in [1.54, 1.807) is 11.3 Å². The van der Waals surface area contributed by atoms with Gasteiger partial charge in [-0.1, -0.05) is 54.7 Å². The molecule has 1 unspecified atom stereocenters. The number of hydrogen-bond acceptors (Lipinski definition) is 5. The number of hydrogen-bond donors (Lipinski definition) is 2. The van der Waals surface area contributed by atoms with Gasteiger partial charge in [-0.25, -0.2) is 4.79 Å². The average molecular weight is 358 g/mol. The predicted molar refractivity (Wildman–Crippen MR) is 98.7 cm³/mol. The zero-order chi connectivity index (χ0) is 16.8. The fourth-order valence-electron chi connectivity index (χ4n) is 2.30. The predicted octanol–water partition coefficient (Wildman–Crippen LogP) is 4.46. The molecular weight excluding hydrogens is 340 g/mol. The van der Waals surface area contributed by atoms with Crippen molar-refractivity contribution in [3.8, 4) is 0 Å². The number of benzene rings is 1. The van der Waals surface area contributed by atoms with Crippen LogP contribution in [-0.4, -0.2) is 16.2 Å². The minimum atomic E-state index is -0.252. The highest BCUT2D eigenvalue weighted by molar-refractivity contribution is 7.15. The van der Waals surface area contributed by atoms with Crippen LogP contribution in [0.5, 0.6) is 0 Å². The summed E-state index contributed by atoms with van der Waals surface area (Å²) >= 11 is 3.04. The number of carbonyl (C=O) groups excluding carboxylic acids is 1. The van der Waals surface area contributed by atoms with Crippen LogP contribution in [0.1, 0.15) is 34.8 Å². The Labute approximate surface area is 148 Å². The molecule has 1 aromatic carbocycles. The van der Waals surface area contributed by atoms with E-state index in [9.17, 15) is 4.79 Å². The Morgan fingerprint density at radius 3 is 2.71 bits per heavy atom. The number of nitrogens with zero attached hydrogens (tertiary/aromatic N) is 2. The van der Waals surface area contributed by atoms with Gasteiger partial charge >= 0.3 is 6.03 Å². The third-order valence-corrected chi connectivity index (χ3v) is 5.31. The van der Waals surface area contributed by atoms with Gasteiger partial charge in [0.15, 0.2) is 0 Å². The Kier molecular flexibility index (Phi) is 5.55. The smallest absolute Gasteiger partial charge is 0.321 e. The van der Waals surface area contributed by atoms with E-state index in [2.05, 4.69) is 20.8 Å². The van der Waals surface area contributed by atoms with Crippen LogP contribution in [0.15, 0.2) is 47.8 Å². The van der Waals surface area contributed by atoms with Crippen molar-refractivity contribution in [3.63, 3.8) is 0 Å². The molecule has 0 saturated carbocycles. The van der Waals surface area contributed by atoms with Gasteiger partial charge < -0.3 is 5.32 Å². The Hall–Kier alpha value is -2.25. The number of anilines is 1. The second-order valence-electron chi connectivity index (χ2n) is 5.24. The lowest BCUT2D eigenvalue weighted by Crippen LogP contribution is -2.31. The topological polar surface area (TPSA) is 66.9 Å². The minimum absolute atomic E-state index is 0.0155. The van der Waals surface area contributed by atoms with Gasteiger partial charge in [-0.15, -0.1) is 21.5 Å². The molecule has 0 bridgehead atoms. The molecule has 24 heavy (non-hydrogen) atoms. The van der Waals surface area contributed by atoms with Crippen LogP contribution in [-0.2, 0) is 6.42 Å². The number of rotatable bonds is 6. The highest BCUT2D eigenvalue weighted by atomic mass is 32.1. The summed E-state index contributed by atoms with van der Waals surface area (Å²) in [5, 5.41) is 17.3. The molecule has 3 aromatic rings. The van der Waals surface area contributed by atoms with E-state index in [1.165, 1.54) is 16.9 Å². The highest BCUT2D eigenvalue weighted by Crippen LogP contribution is 2.22. The van der Waals surface area contributed by atoms with E-state index in [4.69, 9.17) is 0 Å². The number of thiophene rings is 1. The molecule has 0 saturated heterocycles. The standard InChI is InChI=1S/C17H18N4OS2/c1-2-13(14-9-6-10-23-14)18-16(22)19-17-21-20-15(24-17)11-12-7-4-3-5-8-12/h3-10,13H,2,11H2,1H3,(H2,18,19,21,22). The first kappa shape index (κ1) is 16.6. The summed E-state index contributed by atoms with van der Waals surface area (Å²) in [6, 6.07) is 13.9. The second kappa shape index (κ2) is 8.03. The molecule has 1 atom stereocenters. The molecule has 0 aliphatic heterocycles. The lowest BCUT2D eigenvalue weighted by molar-refractivity contribution is 0.248. The van der Waals surface area contributed by atoms with E-state index < -0.39 is 0 Å². The molecule has 0 radical (unpaired) electrons. The monoisotopic (exact) mass is 358 g/mol. The summed E-state index contributed by atoms with van der Waals surface area (Å²) in [4.78, 5) is 13.3. The normalized spacial score (nSPS) is 11.9. The summed E-state index contributed by atoms with van der Waals surface area (Å²) < 4.78 is 0. The van der Waals surface area contributed by atoms with Crippen LogP contribution in [0.3, 0.4) is 0 Å².